The van der Waals surface area contributed by atoms with E-state index < -0.39 is 26.6 Å². The van der Waals surface area contributed by atoms with Gasteiger partial charge in [0.2, 0.25) is 0 Å². The van der Waals surface area contributed by atoms with E-state index in [1.807, 2.05) is 37.1 Å². The third-order valence-corrected chi connectivity index (χ3v) is 9.15. The third-order valence-electron chi connectivity index (χ3n) is 4.57. The van der Waals surface area contributed by atoms with Crippen LogP contribution in [0.2, 0.25) is 0 Å². The van der Waals surface area contributed by atoms with Crippen LogP contribution in [0, 0.1) is 6.92 Å². The van der Waals surface area contributed by atoms with Crippen LogP contribution in [0.1, 0.15) is 23.2 Å². The number of aryl methyl sites for hydroxylation is 1. The second-order valence-electron chi connectivity index (χ2n) is 5.72. The van der Waals surface area contributed by atoms with Crippen LogP contribution in [-0.2, 0) is 27.2 Å². The first-order chi connectivity index (χ1) is 11.3. The summed E-state index contributed by atoms with van der Waals surface area (Å²) in [4.78, 5) is 1.86. The molecule has 0 fully saturated rings. The lowest BCUT2D eigenvalue weighted by atomic mass is 9.99. The zero-order valence-electron chi connectivity index (χ0n) is 14.9. The maximum absolute atomic E-state index is 13.1. The zero-order valence-corrected chi connectivity index (χ0v) is 16.7. The lowest BCUT2D eigenvalue weighted by Gasteiger charge is -2.42. The second kappa shape index (κ2) is 7.28. The summed E-state index contributed by atoms with van der Waals surface area (Å²) in [5.41, 5.74) is 2.14. The summed E-state index contributed by atoms with van der Waals surface area (Å²) in [5, 5.41) is 0. The average Bonchev–Trinajstić information content (AvgIpc) is 2.61. The topological polar surface area (TPSA) is 74.3 Å². The summed E-state index contributed by atoms with van der Waals surface area (Å²) < 4.78 is 46.9. The molecule has 0 radical (unpaired) electrons. The molecule has 0 aromatic heterocycles. The Morgan fingerprint density at radius 3 is 2.04 bits per heavy atom. The van der Waals surface area contributed by atoms with E-state index in [9.17, 15) is 9.13 Å². The summed E-state index contributed by atoms with van der Waals surface area (Å²) in [6.45, 7) is 1.96. The zero-order chi connectivity index (χ0) is 18.1. The van der Waals surface area contributed by atoms with Crippen LogP contribution >= 0.6 is 15.2 Å². The minimum absolute atomic E-state index is 0.268. The van der Waals surface area contributed by atoms with Crippen molar-refractivity contribution in [2.75, 3.05) is 40.4 Å². The molecular formula is C15H25NO6P2. The van der Waals surface area contributed by atoms with Gasteiger partial charge < -0.3 is 23.0 Å². The molecule has 1 aromatic carbocycles. The quantitative estimate of drug-likeness (QED) is 0.689. The molecular weight excluding hydrogens is 352 g/mol. The number of fused-ring (bicyclic) bond motifs is 1. The molecule has 2 unspecified atom stereocenters. The van der Waals surface area contributed by atoms with E-state index in [1.165, 1.54) is 28.4 Å². The van der Waals surface area contributed by atoms with Gasteiger partial charge in [-0.2, -0.15) is 0 Å². The molecule has 0 saturated heterocycles. The fourth-order valence-electron chi connectivity index (χ4n) is 3.17. The molecule has 0 spiro atoms. The Hall–Kier alpha value is -0.680. The van der Waals surface area contributed by atoms with Crippen molar-refractivity contribution in [1.82, 2.24) is 0 Å². The Kier molecular flexibility index (Phi) is 5.96. The highest BCUT2D eigenvalue weighted by atomic mass is 31.2. The monoisotopic (exact) mass is 377 g/mol. The third kappa shape index (κ3) is 3.22. The highest BCUT2D eigenvalue weighted by Gasteiger charge is 2.49. The molecule has 0 saturated carbocycles. The van der Waals surface area contributed by atoms with Gasteiger partial charge in [-0.15, -0.1) is 0 Å². The maximum atomic E-state index is 13.1. The van der Waals surface area contributed by atoms with Gasteiger partial charge in [0.25, 0.3) is 0 Å². The van der Waals surface area contributed by atoms with Crippen molar-refractivity contribution in [3.8, 4) is 0 Å². The number of rotatable bonds is 6. The van der Waals surface area contributed by atoms with Crippen LogP contribution in [-0.4, -0.2) is 41.3 Å². The first-order valence-corrected chi connectivity index (χ1v) is 10.7. The molecule has 1 aliphatic heterocycles. The average molecular weight is 377 g/mol. The van der Waals surface area contributed by atoms with Gasteiger partial charge >= 0.3 is 15.2 Å². The molecule has 1 aliphatic rings. The van der Waals surface area contributed by atoms with Crippen molar-refractivity contribution in [3.05, 3.63) is 29.3 Å². The lowest BCUT2D eigenvalue weighted by molar-refractivity contribution is 0.250. The molecule has 2 atom stereocenters. The van der Waals surface area contributed by atoms with Crippen LogP contribution in [0.4, 0.5) is 5.69 Å². The summed E-state index contributed by atoms with van der Waals surface area (Å²) in [5.74, 6) is -0.592. The van der Waals surface area contributed by atoms with Crippen molar-refractivity contribution in [2.45, 2.75) is 24.8 Å². The Balaban J connectivity index is 2.64. The first kappa shape index (κ1) is 19.6. The molecule has 136 valence electrons. The minimum Gasteiger partial charge on any atom is -0.360 e. The molecule has 24 heavy (non-hydrogen) atoms. The molecule has 7 nitrogen and oxygen atoms in total. The maximum Gasteiger partial charge on any atom is 0.352 e. The molecule has 0 N–H and O–H groups in total. The van der Waals surface area contributed by atoms with E-state index >= 15 is 0 Å². The van der Waals surface area contributed by atoms with Crippen LogP contribution in [0.5, 0.6) is 0 Å². The summed E-state index contributed by atoms with van der Waals surface area (Å²) in [6.07, 6.45) is 0.268. The lowest BCUT2D eigenvalue weighted by Crippen LogP contribution is -2.38. The van der Waals surface area contributed by atoms with Crippen molar-refractivity contribution in [3.63, 3.8) is 0 Å². The molecule has 0 amide bonds. The smallest absolute Gasteiger partial charge is 0.352 e. The molecule has 2 rings (SSSR count). The standard InChI is InChI=1S/C15H25NO6P2/c1-11-7-8-12-13(9-11)16(2)15(24(18,21-5)22-6)10-14(12)23(17,19-3)20-4/h7-9,14-15H,10H2,1-6H3. The van der Waals surface area contributed by atoms with Gasteiger partial charge in [-0.25, -0.2) is 0 Å². The largest absolute Gasteiger partial charge is 0.360 e. The van der Waals surface area contributed by atoms with Crippen molar-refractivity contribution in [2.24, 2.45) is 0 Å². The fraction of sp³-hybridized carbons (Fsp3) is 0.600. The number of benzene rings is 1. The molecule has 9 heteroatoms. The van der Waals surface area contributed by atoms with Crippen LogP contribution < -0.4 is 4.90 Å². The highest BCUT2D eigenvalue weighted by molar-refractivity contribution is 7.55. The van der Waals surface area contributed by atoms with E-state index in [4.69, 9.17) is 18.1 Å². The Morgan fingerprint density at radius 2 is 1.54 bits per heavy atom. The highest BCUT2D eigenvalue weighted by Crippen LogP contribution is 2.68. The van der Waals surface area contributed by atoms with Gasteiger partial charge in [-0.3, -0.25) is 9.13 Å². The SMILES string of the molecule is COP(=O)(OC)C1CC(P(=O)(OC)OC)N(C)c2cc(C)ccc21. The van der Waals surface area contributed by atoms with E-state index in [0.29, 0.717) is 0 Å². The number of nitrogens with zero attached hydrogens (tertiary/aromatic N) is 1. The first-order valence-electron chi connectivity index (χ1n) is 7.52. The van der Waals surface area contributed by atoms with Crippen molar-refractivity contribution in [1.29, 1.82) is 0 Å². The molecule has 1 heterocycles. The Bertz CT molecular complexity index is 679. The fourth-order valence-corrected chi connectivity index (χ4v) is 6.67. The van der Waals surface area contributed by atoms with Crippen LogP contribution in [0.15, 0.2) is 18.2 Å². The summed E-state index contributed by atoms with van der Waals surface area (Å²) >= 11 is 0. The number of hydrogen-bond donors (Lipinski definition) is 0. The van der Waals surface area contributed by atoms with Crippen molar-refractivity contribution < 1.29 is 27.2 Å². The molecule has 0 bridgehead atoms. The summed E-state index contributed by atoms with van der Waals surface area (Å²) in [7, 11) is 0.415. The Morgan fingerprint density at radius 1 is 1.00 bits per heavy atom. The van der Waals surface area contributed by atoms with Gasteiger partial charge in [-0.1, -0.05) is 12.1 Å². The van der Waals surface area contributed by atoms with Crippen LogP contribution in [0.25, 0.3) is 0 Å². The molecule has 1 aromatic rings. The van der Waals surface area contributed by atoms with Gasteiger partial charge in [0.05, 0.1) is 5.66 Å². The van der Waals surface area contributed by atoms with Gasteiger partial charge in [0, 0.05) is 41.2 Å². The van der Waals surface area contributed by atoms with Gasteiger partial charge in [0.15, 0.2) is 0 Å². The Labute approximate surface area is 143 Å². The number of anilines is 1. The van der Waals surface area contributed by atoms with Gasteiger partial charge in [0.1, 0.15) is 5.78 Å². The molecule has 0 aliphatic carbocycles. The van der Waals surface area contributed by atoms with E-state index in [-0.39, 0.29) is 6.42 Å². The number of hydrogen-bond acceptors (Lipinski definition) is 7. The predicted octanol–water partition coefficient (Wildman–Crippen LogP) is 4.17. The van der Waals surface area contributed by atoms with E-state index in [2.05, 4.69) is 0 Å². The van der Waals surface area contributed by atoms with Gasteiger partial charge in [-0.05, 0) is 30.5 Å². The van der Waals surface area contributed by atoms with E-state index in [0.717, 1.165) is 16.8 Å². The normalized spacial score (nSPS) is 21.7. The second-order valence-corrected chi connectivity index (χ2v) is 10.6. The predicted molar refractivity (Wildman–Crippen MR) is 94.0 cm³/mol. The summed E-state index contributed by atoms with van der Waals surface area (Å²) in [6, 6.07) is 5.82. The van der Waals surface area contributed by atoms with Crippen molar-refractivity contribution >= 4 is 20.9 Å². The van der Waals surface area contributed by atoms with Crippen LogP contribution in [0.3, 0.4) is 0 Å². The minimum atomic E-state index is -3.42. The van der Waals surface area contributed by atoms with E-state index in [1.54, 1.807) is 0 Å².